The van der Waals surface area contributed by atoms with E-state index < -0.39 is 0 Å². The number of anilines is 1. The zero-order chi connectivity index (χ0) is 18.5. The summed E-state index contributed by atoms with van der Waals surface area (Å²) < 4.78 is 5.86. The third-order valence-corrected chi connectivity index (χ3v) is 4.82. The zero-order valence-electron chi connectivity index (χ0n) is 14.6. The molecule has 3 rings (SSSR count). The third-order valence-electron chi connectivity index (χ3n) is 4.35. The Morgan fingerprint density at radius 1 is 1.23 bits per heavy atom. The topological polar surface area (TPSA) is 68.3 Å². The molecule has 1 atom stereocenters. The Morgan fingerprint density at radius 3 is 2.54 bits per heavy atom. The minimum absolute atomic E-state index is 0.0735. The van der Waals surface area contributed by atoms with Crippen molar-refractivity contribution in [2.75, 3.05) is 11.9 Å². The summed E-state index contributed by atoms with van der Waals surface area (Å²) in [5.41, 5.74) is 1.90. The number of halogens is 1. The maximum absolute atomic E-state index is 12.8. The van der Waals surface area contributed by atoms with E-state index in [-0.39, 0.29) is 17.8 Å². The highest BCUT2D eigenvalue weighted by Crippen LogP contribution is 2.38. The third kappa shape index (κ3) is 4.91. The first-order valence-corrected chi connectivity index (χ1v) is 9.55. The van der Waals surface area contributed by atoms with E-state index in [0.29, 0.717) is 23.8 Å². The summed E-state index contributed by atoms with van der Waals surface area (Å²) in [5, 5.41) is 2.94. The van der Waals surface area contributed by atoms with Crippen LogP contribution in [0.5, 0.6) is 0 Å². The molecule has 2 aromatic rings. The lowest BCUT2D eigenvalue weighted by atomic mass is 9.96. The largest absolute Gasteiger partial charge is 0.462 e. The van der Waals surface area contributed by atoms with Crippen molar-refractivity contribution in [1.82, 2.24) is 4.98 Å². The van der Waals surface area contributed by atoms with E-state index in [9.17, 15) is 9.59 Å². The van der Waals surface area contributed by atoms with Crippen LogP contribution in [0.2, 0.25) is 0 Å². The van der Waals surface area contributed by atoms with Crippen molar-refractivity contribution < 1.29 is 14.3 Å². The van der Waals surface area contributed by atoms with Crippen LogP contribution in [0.4, 0.5) is 5.69 Å². The molecule has 1 aromatic carbocycles. The molecule has 0 aliphatic heterocycles. The normalized spacial score (nSPS) is 14.5. The fourth-order valence-corrected chi connectivity index (χ4v) is 3.01. The number of carbonyl (C=O) groups excluding carboxylic acids is 2. The number of nitrogens with one attached hydrogen (secondary N) is 1. The Morgan fingerprint density at radius 2 is 1.96 bits per heavy atom. The van der Waals surface area contributed by atoms with Crippen LogP contribution < -0.4 is 5.32 Å². The van der Waals surface area contributed by atoms with E-state index in [0.717, 1.165) is 16.6 Å². The highest BCUT2D eigenvalue weighted by Gasteiger charge is 2.31. The van der Waals surface area contributed by atoms with Crippen LogP contribution in [0, 0.1) is 5.92 Å². The standard InChI is InChI=1S/C20H21BrN2O3/c1-2-26-20(25)14-5-8-16(9-6-14)23-19(24)17(11-13-3-4-13)18-10-7-15(21)12-22-18/h5-10,12-13,17H,2-4,11H2,1H3,(H,23,24). The van der Waals surface area contributed by atoms with Crippen LogP contribution in [0.1, 0.15) is 48.2 Å². The highest BCUT2D eigenvalue weighted by molar-refractivity contribution is 9.10. The number of carbonyl (C=O) groups is 2. The van der Waals surface area contributed by atoms with Crippen LogP contribution in [0.25, 0.3) is 0 Å². The molecule has 1 amide bonds. The van der Waals surface area contributed by atoms with Crippen LogP contribution in [-0.4, -0.2) is 23.5 Å². The molecule has 6 heteroatoms. The summed E-state index contributed by atoms with van der Waals surface area (Å²) in [5.74, 6) is -0.116. The maximum Gasteiger partial charge on any atom is 0.338 e. The molecule has 0 radical (unpaired) electrons. The molecule has 26 heavy (non-hydrogen) atoms. The minimum Gasteiger partial charge on any atom is -0.462 e. The molecule has 5 nitrogen and oxygen atoms in total. The average molecular weight is 417 g/mol. The molecule has 136 valence electrons. The first-order chi connectivity index (χ1) is 12.6. The number of rotatable bonds is 7. The Labute approximate surface area is 161 Å². The summed E-state index contributed by atoms with van der Waals surface area (Å²) in [6.07, 6.45) is 4.88. The lowest BCUT2D eigenvalue weighted by Crippen LogP contribution is -2.22. The van der Waals surface area contributed by atoms with Crippen molar-refractivity contribution >= 4 is 33.5 Å². The minimum atomic E-state index is -0.365. The van der Waals surface area contributed by atoms with Gasteiger partial charge in [-0.25, -0.2) is 4.79 Å². The van der Waals surface area contributed by atoms with Gasteiger partial charge < -0.3 is 10.1 Å². The van der Waals surface area contributed by atoms with Gasteiger partial charge in [-0.2, -0.15) is 0 Å². The first kappa shape index (κ1) is 18.6. The molecule has 0 spiro atoms. The number of hydrogen-bond donors (Lipinski definition) is 1. The SMILES string of the molecule is CCOC(=O)c1ccc(NC(=O)C(CC2CC2)c2ccc(Br)cn2)cc1. The van der Waals surface area contributed by atoms with Gasteiger partial charge in [0.1, 0.15) is 0 Å². The van der Waals surface area contributed by atoms with Gasteiger partial charge in [-0.1, -0.05) is 12.8 Å². The predicted octanol–water partition coefficient (Wildman–Crippen LogP) is 4.54. The van der Waals surface area contributed by atoms with Crippen LogP contribution in [0.3, 0.4) is 0 Å². The van der Waals surface area contributed by atoms with Gasteiger partial charge in [0, 0.05) is 16.4 Å². The average Bonchev–Trinajstić information content (AvgIpc) is 3.45. The fraction of sp³-hybridized carbons (Fsp3) is 0.350. The number of ether oxygens (including phenoxy) is 1. The molecule has 1 N–H and O–H groups in total. The first-order valence-electron chi connectivity index (χ1n) is 8.76. The molecule has 1 unspecified atom stereocenters. The Kier molecular flexibility index (Phi) is 6.04. The summed E-state index contributed by atoms with van der Waals surface area (Å²) in [4.78, 5) is 28.9. The summed E-state index contributed by atoms with van der Waals surface area (Å²) in [7, 11) is 0. The maximum atomic E-state index is 12.8. The van der Waals surface area contributed by atoms with E-state index in [1.165, 1.54) is 12.8 Å². The van der Waals surface area contributed by atoms with Gasteiger partial charge in [0.2, 0.25) is 5.91 Å². The van der Waals surface area contributed by atoms with Crippen molar-refractivity contribution in [3.8, 4) is 0 Å². The van der Waals surface area contributed by atoms with Gasteiger partial charge in [-0.15, -0.1) is 0 Å². The van der Waals surface area contributed by atoms with Crippen molar-refractivity contribution in [2.45, 2.75) is 32.1 Å². The van der Waals surface area contributed by atoms with Gasteiger partial charge in [-0.3, -0.25) is 9.78 Å². The zero-order valence-corrected chi connectivity index (χ0v) is 16.2. The molecule has 1 aromatic heterocycles. The molecule has 0 saturated heterocycles. The van der Waals surface area contributed by atoms with E-state index in [2.05, 4.69) is 26.2 Å². The number of hydrogen-bond acceptors (Lipinski definition) is 4. The lowest BCUT2D eigenvalue weighted by Gasteiger charge is -2.16. The highest BCUT2D eigenvalue weighted by atomic mass is 79.9. The van der Waals surface area contributed by atoms with Crippen molar-refractivity contribution in [3.63, 3.8) is 0 Å². The van der Waals surface area contributed by atoms with Crippen LogP contribution in [-0.2, 0) is 9.53 Å². The van der Waals surface area contributed by atoms with Crippen LogP contribution in [0.15, 0.2) is 47.1 Å². The predicted molar refractivity (Wildman–Crippen MR) is 103 cm³/mol. The van der Waals surface area contributed by atoms with Gasteiger partial charge in [-0.05, 0) is 71.6 Å². The Balaban J connectivity index is 1.70. The second kappa shape index (κ2) is 8.45. The van der Waals surface area contributed by atoms with Crippen LogP contribution >= 0.6 is 15.9 Å². The number of amides is 1. The monoisotopic (exact) mass is 416 g/mol. The molecular formula is C20H21BrN2O3. The van der Waals surface area contributed by atoms with E-state index >= 15 is 0 Å². The summed E-state index contributed by atoms with van der Waals surface area (Å²) >= 11 is 3.38. The Hall–Kier alpha value is -2.21. The molecule has 1 saturated carbocycles. The molecule has 1 heterocycles. The number of aromatic nitrogens is 1. The molecule has 1 aliphatic rings. The quantitative estimate of drug-likeness (QED) is 0.672. The number of pyridine rings is 1. The molecule has 0 bridgehead atoms. The number of esters is 1. The van der Waals surface area contributed by atoms with Gasteiger partial charge in [0.25, 0.3) is 0 Å². The van der Waals surface area contributed by atoms with E-state index in [4.69, 9.17) is 4.74 Å². The van der Waals surface area contributed by atoms with Gasteiger partial charge in [0.05, 0.1) is 23.8 Å². The van der Waals surface area contributed by atoms with Crippen molar-refractivity contribution in [1.29, 1.82) is 0 Å². The summed E-state index contributed by atoms with van der Waals surface area (Å²) in [6, 6.07) is 10.5. The number of nitrogens with zero attached hydrogens (tertiary/aromatic N) is 1. The summed E-state index contributed by atoms with van der Waals surface area (Å²) in [6.45, 7) is 2.10. The number of benzene rings is 1. The molecule has 1 aliphatic carbocycles. The fourth-order valence-electron chi connectivity index (χ4n) is 2.78. The molecular weight excluding hydrogens is 396 g/mol. The second-order valence-corrected chi connectivity index (χ2v) is 7.34. The lowest BCUT2D eigenvalue weighted by molar-refractivity contribution is -0.117. The van der Waals surface area contributed by atoms with E-state index in [1.54, 1.807) is 37.4 Å². The van der Waals surface area contributed by atoms with Crippen molar-refractivity contribution in [2.24, 2.45) is 5.92 Å². The Bertz CT molecular complexity index is 771. The van der Waals surface area contributed by atoms with Gasteiger partial charge >= 0.3 is 5.97 Å². The molecule has 1 fully saturated rings. The van der Waals surface area contributed by atoms with Crippen molar-refractivity contribution in [3.05, 3.63) is 58.3 Å². The van der Waals surface area contributed by atoms with E-state index in [1.807, 2.05) is 12.1 Å². The van der Waals surface area contributed by atoms with Gasteiger partial charge in [0.15, 0.2) is 0 Å². The smallest absolute Gasteiger partial charge is 0.338 e. The second-order valence-electron chi connectivity index (χ2n) is 6.42.